The topological polar surface area (TPSA) is 67.2 Å². The van der Waals surface area contributed by atoms with Crippen LogP contribution in [0.25, 0.3) is 20.2 Å². The van der Waals surface area contributed by atoms with Crippen molar-refractivity contribution in [1.82, 2.24) is 20.0 Å². The van der Waals surface area contributed by atoms with Crippen LogP contribution in [-0.4, -0.2) is 46.3 Å². The van der Waals surface area contributed by atoms with E-state index in [1.165, 1.54) is 16.0 Å². The number of carbonyl (C=O) groups excluding carboxylic acids is 1. The summed E-state index contributed by atoms with van der Waals surface area (Å²) in [5, 5.41) is 9.74. The van der Waals surface area contributed by atoms with E-state index >= 15 is 0 Å². The standard InChI is InChI=1S/C22H28N4O2S/c1-4-25-11-7-8-15(12-25)23-18(27)13-26-22(28)21-19(20(24-26)14(2)3)16-9-5-6-10-17(16)29-21/h5-6,9-10,14-15H,4,7-8,11-13H2,1-3H3,(H,23,27)/t15-/m0/s1. The van der Waals surface area contributed by atoms with E-state index < -0.39 is 0 Å². The van der Waals surface area contributed by atoms with Crippen molar-refractivity contribution in [3.63, 3.8) is 0 Å². The molecule has 0 aliphatic carbocycles. The number of rotatable bonds is 5. The molecule has 0 radical (unpaired) electrons. The Hall–Kier alpha value is -2.25. The van der Waals surface area contributed by atoms with Crippen molar-refractivity contribution in [1.29, 1.82) is 0 Å². The van der Waals surface area contributed by atoms with Crippen molar-refractivity contribution in [2.45, 2.75) is 52.1 Å². The quantitative estimate of drug-likeness (QED) is 0.698. The van der Waals surface area contributed by atoms with Gasteiger partial charge in [0, 0.05) is 28.1 Å². The number of carbonyl (C=O) groups is 1. The molecular weight excluding hydrogens is 384 g/mol. The highest BCUT2D eigenvalue weighted by Crippen LogP contribution is 2.35. The number of likely N-dealkylation sites (N-methyl/N-ethyl adjacent to an activating group) is 1. The molecule has 29 heavy (non-hydrogen) atoms. The molecule has 0 saturated carbocycles. The Morgan fingerprint density at radius 3 is 2.90 bits per heavy atom. The number of piperidine rings is 1. The Balaban J connectivity index is 1.65. The predicted molar refractivity (Wildman–Crippen MR) is 119 cm³/mol. The van der Waals surface area contributed by atoms with Gasteiger partial charge in [0.15, 0.2) is 0 Å². The van der Waals surface area contributed by atoms with Crippen LogP contribution in [-0.2, 0) is 11.3 Å². The van der Waals surface area contributed by atoms with Crippen LogP contribution in [0.3, 0.4) is 0 Å². The van der Waals surface area contributed by atoms with Crippen molar-refractivity contribution < 1.29 is 4.79 Å². The summed E-state index contributed by atoms with van der Waals surface area (Å²) in [5.41, 5.74) is 0.694. The summed E-state index contributed by atoms with van der Waals surface area (Å²) in [7, 11) is 0. The average molecular weight is 413 g/mol. The number of hydrogen-bond acceptors (Lipinski definition) is 5. The molecule has 154 valence electrons. The minimum Gasteiger partial charge on any atom is -0.350 e. The zero-order valence-corrected chi connectivity index (χ0v) is 18.1. The number of hydrogen-bond donors (Lipinski definition) is 1. The Morgan fingerprint density at radius 1 is 1.34 bits per heavy atom. The lowest BCUT2D eigenvalue weighted by molar-refractivity contribution is -0.123. The molecule has 7 heteroatoms. The molecule has 2 aromatic heterocycles. The molecule has 0 unspecified atom stereocenters. The van der Waals surface area contributed by atoms with Crippen LogP contribution in [0.2, 0.25) is 0 Å². The first kappa shape index (κ1) is 20.0. The molecule has 1 aliphatic heterocycles. The van der Waals surface area contributed by atoms with Gasteiger partial charge in [-0.1, -0.05) is 39.0 Å². The molecule has 1 aromatic carbocycles. The van der Waals surface area contributed by atoms with Crippen molar-refractivity contribution in [3.05, 3.63) is 40.3 Å². The Kier molecular flexibility index (Phi) is 5.69. The van der Waals surface area contributed by atoms with Crippen LogP contribution >= 0.6 is 11.3 Å². The molecule has 1 N–H and O–H groups in total. The Labute approximate surface area is 174 Å². The lowest BCUT2D eigenvalue weighted by Crippen LogP contribution is -2.48. The highest BCUT2D eigenvalue weighted by atomic mass is 32.1. The second-order valence-electron chi connectivity index (χ2n) is 8.10. The molecule has 1 saturated heterocycles. The SMILES string of the molecule is CCN1CCC[C@H](NC(=O)Cn2nc(C(C)C)c3c(sc4ccccc43)c2=O)C1. The van der Waals surface area contributed by atoms with Gasteiger partial charge in [-0.3, -0.25) is 9.59 Å². The zero-order valence-electron chi connectivity index (χ0n) is 17.3. The lowest BCUT2D eigenvalue weighted by atomic mass is 10.0. The van der Waals surface area contributed by atoms with Gasteiger partial charge in [0.25, 0.3) is 5.56 Å². The monoisotopic (exact) mass is 412 g/mol. The predicted octanol–water partition coefficient (Wildman–Crippen LogP) is 3.34. The fourth-order valence-corrected chi connectivity index (χ4v) is 5.33. The third-order valence-corrected chi connectivity index (χ3v) is 6.83. The van der Waals surface area contributed by atoms with Crippen LogP contribution in [0.4, 0.5) is 0 Å². The highest BCUT2D eigenvalue weighted by molar-refractivity contribution is 7.25. The van der Waals surface area contributed by atoms with E-state index in [-0.39, 0.29) is 30.0 Å². The molecule has 1 atom stereocenters. The molecule has 1 aliphatic rings. The molecule has 0 spiro atoms. The first-order valence-electron chi connectivity index (χ1n) is 10.4. The van der Waals surface area contributed by atoms with Gasteiger partial charge in [-0.25, -0.2) is 4.68 Å². The largest absolute Gasteiger partial charge is 0.350 e. The number of aromatic nitrogens is 2. The average Bonchev–Trinajstić information content (AvgIpc) is 3.10. The summed E-state index contributed by atoms with van der Waals surface area (Å²) < 4.78 is 3.11. The molecule has 1 fully saturated rings. The highest BCUT2D eigenvalue weighted by Gasteiger charge is 2.22. The molecule has 3 heterocycles. The van der Waals surface area contributed by atoms with E-state index in [1.54, 1.807) is 0 Å². The van der Waals surface area contributed by atoms with Gasteiger partial charge in [-0.05, 0) is 37.9 Å². The molecule has 0 bridgehead atoms. The number of fused-ring (bicyclic) bond motifs is 3. The van der Waals surface area contributed by atoms with Gasteiger partial charge in [-0.2, -0.15) is 5.10 Å². The van der Waals surface area contributed by atoms with E-state index in [2.05, 4.69) is 36.1 Å². The van der Waals surface area contributed by atoms with Crippen molar-refractivity contribution in [2.75, 3.05) is 19.6 Å². The minimum atomic E-state index is -0.181. The van der Waals surface area contributed by atoms with Crippen LogP contribution in [0.15, 0.2) is 29.1 Å². The summed E-state index contributed by atoms with van der Waals surface area (Å²) in [4.78, 5) is 28.2. The molecule has 3 aromatic rings. The number of nitrogens with zero attached hydrogens (tertiary/aromatic N) is 3. The van der Waals surface area contributed by atoms with Gasteiger partial charge in [0.2, 0.25) is 5.91 Å². The summed E-state index contributed by atoms with van der Waals surface area (Å²) in [5.74, 6) is 0.0135. The van der Waals surface area contributed by atoms with E-state index in [1.807, 2.05) is 24.3 Å². The summed E-state index contributed by atoms with van der Waals surface area (Å²) in [6.45, 7) is 9.21. The van der Waals surface area contributed by atoms with Gasteiger partial charge < -0.3 is 10.2 Å². The minimum absolute atomic E-state index is 0.0363. The van der Waals surface area contributed by atoms with Gasteiger partial charge in [0.1, 0.15) is 11.2 Å². The zero-order chi connectivity index (χ0) is 20.5. The summed E-state index contributed by atoms with van der Waals surface area (Å²) >= 11 is 1.49. The lowest BCUT2D eigenvalue weighted by Gasteiger charge is -2.32. The first-order valence-corrected chi connectivity index (χ1v) is 11.2. The van der Waals surface area contributed by atoms with Crippen LogP contribution < -0.4 is 10.9 Å². The van der Waals surface area contributed by atoms with Gasteiger partial charge in [0.05, 0.1) is 5.69 Å². The van der Waals surface area contributed by atoms with E-state index in [0.717, 1.165) is 53.6 Å². The molecule has 6 nitrogen and oxygen atoms in total. The summed E-state index contributed by atoms with van der Waals surface area (Å²) in [6, 6.07) is 8.19. The fourth-order valence-electron chi connectivity index (χ4n) is 4.17. The van der Waals surface area contributed by atoms with E-state index in [0.29, 0.717) is 4.70 Å². The van der Waals surface area contributed by atoms with E-state index in [4.69, 9.17) is 0 Å². The van der Waals surface area contributed by atoms with Crippen molar-refractivity contribution in [2.24, 2.45) is 0 Å². The second kappa shape index (κ2) is 8.24. The van der Waals surface area contributed by atoms with E-state index in [9.17, 15) is 9.59 Å². The van der Waals surface area contributed by atoms with Gasteiger partial charge >= 0.3 is 0 Å². The fraction of sp³-hybridized carbons (Fsp3) is 0.500. The smallest absolute Gasteiger partial charge is 0.285 e. The third kappa shape index (κ3) is 3.94. The maximum absolute atomic E-state index is 13.1. The second-order valence-corrected chi connectivity index (χ2v) is 9.16. The Bertz CT molecular complexity index is 1100. The first-order chi connectivity index (χ1) is 14.0. The third-order valence-electron chi connectivity index (χ3n) is 5.67. The number of amides is 1. The summed E-state index contributed by atoms with van der Waals surface area (Å²) in [6.07, 6.45) is 2.07. The molecule has 1 amide bonds. The number of thiophene rings is 1. The number of nitrogens with one attached hydrogen (secondary N) is 1. The van der Waals surface area contributed by atoms with Gasteiger partial charge in [-0.15, -0.1) is 11.3 Å². The number of benzene rings is 1. The number of likely N-dealkylation sites (tertiary alicyclic amines) is 1. The maximum Gasteiger partial charge on any atom is 0.285 e. The van der Waals surface area contributed by atoms with Crippen molar-refractivity contribution in [3.8, 4) is 0 Å². The normalized spacial score (nSPS) is 18.0. The van der Waals surface area contributed by atoms with Crippen LogP contribution in [0.5, 0.6) is 0 Å². The molecule has 4 rings (SSSR count). The Morgan fingerprint density at radius 2 is 2.14 bits per heavy atom. The van der Waals surface area contributed by atoms with Crippen molar-refractivity contribution >= 4 is 37.4 Å². The van der Waals surface area contributed by atoms with Crippen LogP contribution in [0.1, 0.15) is 45.2 Å². The van der Waals surface area contributed by atoms with Crippen LogP contribution in [0, 0.1) is 0 Å². The maximum atomic E-state index is 13.1. The molecular formula is C22H28N4O2S.